The van der Waals surface area contributed by atoms with Crippen molar-refractivity contribution < 1.29 is 9.90 Å². The van der Waals surface area contributed by atoms with Gasteiger partial charge in [-0.1, -0.05) is 13.8 Å². The zero-order valence-corrected chi connectivity index (χ0v) is 7.97. The van der Waals surface area contributed by atoms with E-state index in [9.17, 15) is 4.79 Å². The standard InChI is InChI=1S/C9H19NO2/c1-3-6-10-7-4-5-8(2)9(11)12/h8,10H,3-7H2,1-2H3,(H,11,12). The molecule has 0 aromatic carbocycles. The molecule has 0 aliphatic heterocycles. The lowest BCUT2D eigenvalue weighted by Crippen LogP contribution is -2.18. The van der Waals surface area contributed by atoms with Gasteiger partial charge < -0.3 is 10.4 Å². The number of hydrogen-bond donors (Lipinski definition) is 2. The van der Waals surface area contributed by atoms with Crippen molar-refractivity contribution in [3.63, 3.8) is 0 Å². The Morgan fingerprint density at radius 1 is 1.50 bits per heavy atom. The van der Waals surface area contributed by atoms with Gasteiger partial charge in [0, 0.05) is 0 Å². The highest BCUT2D eigenvalue weighted by atomic mass is 16.4. The van der Waals surface area contributed by atoms with E-state index in [1.807, 2.05) is 0 Å². The van der Waals surface area contributed by atoms with Crippen molar-refractivity contribution in [2.45, 2.75) is 33.1 Å². The van der Waals surface area contributed by atoms with Gasteiger partial charge in [0.05, 0.1) is 5.92 Å². The fourth-order valence-electron chi connectivity index (χ4n) is 0.959. The number of carboxylic acid groups (broad SMARTS) is 1. The Morgan fingerprint density at radius 3 is 2.67 bits per heavy atom. The maximum atomic E-state index is 10.4. The van der Waals surface area contributed by atoms with E-state index in [1.165, 1.54) is 0 Å². The van der Waals surface area contributed by atoms with E-state index in [0.29, 0.717) is 0 Å². The molecule has 3 heteroatoms. The summed E-state index contributed by atoms with van der Waals surface area (Å²) in [5.41, 5.74) is 0. The molecule has 0 aliphatic rings. The first-order valence-corrected chi connectivity index (χ1v) is 4.62. The second kappa shape index (κ2) is 7.10. The molecule has 0 rings (SSSR count). The minimum absolute atomic E-state index is 0.201. The molecule has 0 spiro atoms. The van der Waals surface area contributed by atoms with E-state index < -0.39 is 5.97 Å². The molecule has 0 aliphatic carbocycles. The molecular formula is C9H19NO2. The third kappa shape index (κ3) is 6.16. The molecule has 0 aromatic rings. The molecule has 1 atom stereocenters. The number of carboxylic acids is 1. The molecule has 1 unspecified atom stereocenters. The molecule has 3 nitrogen and oxygen atoms in total. The van der Waals surface area contributed by atoms with Crippen LogP contribution >= 0.6 is 0 Å². The second-order valence-electron chi connectivity index (χ2n) is 3.13. The molecule has 0 amide bonds. The fourth-order valence-corrected chi connectivity index (χ4v) is 0.959. The summed E-state index contributed by atoms with van der Waals surface area (Å²) in [6.07, 6.45) is 2.86. The average molecular weight is 173 g/mol. The lowest BCUT2D eigenvalue weighted by atomic mass is 10.1. The van der Waals surface area contributed by atoms with Crippen molar-refractivity contribution in [1.29, 1.82) is 0 Å². The van der Waals surface area contributed by atoms with Gasteiger partial charge in [0.25, 0.3) is 0 Å². The van der Waals surface area contributed by atoms with E-state index in [0.717, 1.165) is 32.4 Å². The van der Waals surface area contributed by atoms with Crippen LogP contribution in [-0.4, -0.2) is 24.2 Å². The van der Waals surface area contributed by atoms with E-state index in [-0.39, 0.29) is 5.92 Å². The fraction of sp³-hybridized carbons (Fsp3) is 0.889. The van der Waals surface area contributed by atoms with Crippen LogP contribution in [-0.2, 0) is 4.79 Å². The maximum absolute atomic E-state index is 10.4. The summed E-state index contributed by atoms with van der Waals surface area (Å²) in [6, 6.07) is 0. The van der Waals surface area contributed by atoms with Gasteiger partial charge in [-0.05, 0) is 32.4 Å². The van der Waals surface area contributed by atoms with Gasteiger partial charge in [0.1, 0.15) is 0 Å². The van der Waals surface area contributed by atoms with E-state index in [2.05, 4.69) is 12.2 Å². The smallest absolute Gasteiger partial charge is 0.306 e. The quantitative estimate of drug-likeness (QED) is 0.573. The predicted octanol–water partition coefficient (Wildman–Crippen LogP) is 1.49. The molecule has 0 radical (unpaired) electrons. The van der Waals surface area contributed by atoms with Crippen LogP contribution < -0.4 is 5.32 Å². The molecule has 2 N–H and O–H groups in total. The highest BCUT2D eigenvalue weighted by Crippen LogP contribution is 2.03. The molecule has 72 valence electrons. The average Bonchev–Trinajstić information content (AvgIpc) is 2.03. The minimum atomic E-state index is -0.689. The zero-order chi connectivity index (χ0) is 9.40. The highest BCUT2D eigenvalue weighted by molar-refractivity contribution is 5.69. The molecule has 0 saturated carbocycles. The first-order valence-electron chi connectivity index (χ1n) is 4.62. The van der Waals surface area contributed by atoms with Crippen molar-refractivity contribution >= 4 is 5.97 Å². The summed E-state index contributed by atoms with van der Waals surface area (Å²) >= 11 is 0. The summed E-state index contributed by atoms with van der Waals surface area (Å²) in [7, 11) is 0. The van der Waals surface area contributed by atoms with Crippen molar-refractivity contribution in [2.24, 2.45) is 5.92 Å². The van der Waals surface area contributed by atoms with Crippen molar-refractivity contribution in [3.05, 3.63) is 0 Å². The normalized spacial score (nSPS) is 12.8. The Bertz CT molecular complexity index is 126. The molecular weight excluding hydrogens is 154 g/mol. The van der Waals surface area contributed by atoms with Crippen LogP contribution in [0.25, 0.3) is 0 Å². The Morgan fingerprint density at radius 2 is 2.17 bits per heavy atom. The van der Waals surface area contributed by atoms with Crippen molar-refractivity contribution in [3.8, 4) is 0 Å². The first kappa shape index (κ1) is 11.4. The Balaban J connectivity index is 3.14. The van der Waals surface area contributed by atoms with Gasteiger partial charge in [0.2, 0.25) is 0 Å². The first-order chi connectivity index (χ1) is 5.68. The van der Waals surface area contributed by atoms with Gasteiger partial charge in [-0.2, -0.15) is 0 Å². The maximum Gasteiger partial charge on any atom is 0.306 e. The Kier molecular flexibility index (Phi) is 6.76. The predicted molar refractivity (Wildman–Crippen MR) is 49.2 cm³/mol. The largest absolute Gasteiger partial charge is 0.481 e. The zero-order valence-electron chi connectivity index (χ0n) is 7.97. The highest BCUT2D eigenvalue weighted by Gasteiger charge is 2.08. The van der Waals surface area contributed by atoms with Crippen LogP contribution in [0.5, 0.6) is 0 Å². The van der Waals surface area contributed by atoms with Gasteiger partial charge in [-0.25, -0.2) is 0 Å². The van der Waals surface area contributed by atoms with Crippen LogP contribution in [0.2, 0.25) is 0 Å². The van der Waals surface area contributed by atoms with Crippen LogP contribution in [0, 0.1) is 5.92 Å². The molecule has 0 fully saturated rings. The lowest BCUT2D eigenvalue weighted by molar-refractivity contribution is -0.141. The van der Waals surface area contributed by atoms with Crippen LogP contribution in [0.4, 0.5) is 0 Å². The van der Waals surface area contributed by atoms with E-state index >= 15 is 0 Å². The van der Waals surface area contributed by atoms with Crippen LogP contribution in [0.3, 0.4) is 0 Å². The van der Waals surface area contributed by atoms with Crippen molar-refractivity contribution in [2.75, 3.05) is 13.1 Å². The summed E-state index contributed by atoms with van der Waals surface area (Å²) in [6.45, 7) is 5.84. The minimum Gasteiger partial charge on any atom is -0.481 e. The molecule has 12 heavy (non-hydrogen) atoms. The molecule has 0 bridgehead atoms. The third-order valence-corrected chi connectivity index (χ3v) is 1.84. The summed E-state index contributed by atoms with van der Waals surface area (Å²) < 4.78 is 0. The number of nitrogens with one attached hydrogen (secondary N) is 1. The summed E-state index contributed by atoms with van der Waals surface area (Å²) in [5.74, 6) is -0.890. The Labute approximate surface area is 74.2 Å². The SMILES string of the molecule is CCCNCCCC(C)C(=O)O. The van der Waals surface area contributed by atoms with Gasteiger partial charge in [-0.15, -0.1) is 0 Å². The van der Waals surface area contributed by atoms with Crippen molar-refractivity contribution in [1.82, 2.24) is 5.32 Å². The number of aliphatic carboxylic acids is 1. The van der Waals surface area contributed by atoms with Gasteiger partial charge in [0.15, 0.2) is 0 Å². The number of carbonyl (C=O) groups is 1. The third-order valence-electron chi connectivity index (χ3n) is 1.84. The van der Waals surface area contributed by atoms with Gasteiger partial charge in [-0.3, -0.25) is 4.79 Å². The van der Waals surface area contributed by atoms with Crippen LogP contribution in [0.1, 0.15) is 33.1 Å². The lowest BCUT2D eigenvalue weighted by Gasteiger charge is -2.05. The van der Waals surface area contributed by atoms with E-state index in [1.54, 1.807) is 6.92 Å². The summed E-state index contributed by atoms with van der Waals surface area (Å²) in [5, 5.41) is 11.8. The Hall–Kier alpha value is -0.570. The molecule has 0 aromatic heterocycles. The van der Waals surface area contributed by atoms with Crippen LogP contribution in [0.15, 0.2) is 0 Å². The monoisotopic (exact) mass is 173 g/mol. The van der Waals surface area contributed by atoms with Gasteiger partial charge >= 0.3 is 5.97 Å². The topological polar surface area (TPSA) is 49.3 Å². The summed E-state index contributed by atoms with van der Waals surface area (Å²) in [4.78, 5) is 10.4. The number of rotatable bonds is 7. The molecule has 0 heterocycles. The molecule has 0 saturated heterocycles. The van der Waals surface area contributed by atoms with E-state index in [4.69, 9.17) is 5.11 Å². The second-order valence-corrected chi connectivity index (χ2v) is 3.13. The number of hydrogen-bond acceptors (Lipinski definition) is 2.